The SMILES string of the molecule is C[C@]1(N)CN[C@@H](C2CCCC2c2ccc(F)cc2)C1. The van der Waals surface area contributed by atoms with Gasteiger partial charge in [-0.15, -0.1) is 0 Å². The second kappa shape index (κ2) is 4.88. The molecule has 1 aliphatic heterocycles. The van der Waals surface area contributed by atoms with E-state index in [9.17, 15) is 4.39 Å². The number of hydrogen-bond acceptors (Lipinski definition) is 2. The molecule has 4 atom stereocenters. The van der Waals surface area contributed by atoms with Crippen LogP contribution in [0.15, 0.2) is 24.3 Å². The lowest BCUT2D eigenvalue weighted by atomic mass is 9.82. The van der Waals surface area contributed by atoms with Crippen molar-refractivity contribution in [3.8, 4) is 0 Å². The number of nitrogens with two attached hydrogens (primary N) is 1. The van der Waals surface area contributed by atoms with Gasteiger partial charge in [-0.3, -0.25) is 0 Å². The Morgan fingerprint density at radius 2 is 2.00 bits per heavy atom. The zero-order valence-electron chi connectivity index (χ0n) is 11.5. The maximum atomic E-state index is 13.0. The number of halogens is 1. The number of benzene rings is 1. The van der Waals surface area contributed by atoms with Crippen molar-refractivity contribution in [2.24, 2.45) is 11.7 Å². The predicted octanol–water partition coefficient (Wildman–Crippen LogP) is 2.79. The van der Waals surface area contributed by atoms with Crippen LogP contribution in [-0.2, 0) is 0 Å². The zero-order chi connectivity index (χ0) is 13.5. The average Bonchev–Trinajstić information content (AvgIpc) is 2.96. The summed E-state index contributed by atoms with van der Waals surface area (Å²) in [7, 11) is 0. The summed E-state index contributed by atoms with van der Waals surface area (Å²) in [6.07, 6.45) is 4.80. The van der Waals surface area contributed by atoms with E-state index in [1.54, 1.807) is 12.1 Å². The molecule has 1 aromatic carbocycles. The van der Waals surface area contributed by atoms with E-state index < -0.39 is 0 Å². The minimum atomic E-state index is -0.146. The molecule has 0 bridgehead atoms. The van der Waals surface area contributed by atoms with Crippen LogP contribution in [0.25, 0.3) is 0 Å². The van der Waals surface area contributed by atoms with Crippen LogP contribution in [0.4, 0.5) is 4.39 Å². The van der Waals surface area contributed by atoms with E-state index in [1.165, 1.54) is 24.8 Å². The van der Waals surface area contributed by atoms with Crippen LogP contribution >= 0.6 is 0 Å². The summed E-state index contributed by atoms with van der Waals surface area (Å²) in [6, 6.07) is 7.59. The third-order valence-corrected chi connectivity index (χ3v) is 4.84. The normalized spacial score (nSPS) is 38.8. The maximum absolute atomic E-state index is 13.0. The standard InChI is InChI=1S/C16H23FN2/c1-16(18)9-15(19-10-16)14-4-2-3-13(14)11-5-7-12(17)8-6-11/h5-8,13-15,19H,2-4,9-10,18H2,1H3/t13?,14?,15-,16-/m1/s1. The molecule has 3 N–H and O–H groups in total. The zero-order valence-corrected chi connectivity index (χ0v) is 11.5. The first-order valence-electron chi connectivity index (χ1n) is 7.33. The van der Waals surface area contributed by atoms with Gasteiger partial charge in [0.05, 0.1) is 0 Å². The molecular formula is C16H23FN2. The van der Waals surface area contributed by atoms with Crippen LogP contribution in [0.3, 0.4) is 0 Å². The fourth-order valence-corrected chi connectivity index (χ4v) is 3.91. The fourth-order valence-electron chi connectivity index (χ4n) is 3.91. The van der Waals surface area contributed by atoms with E-state index in [4.69, 9.17) is 5.73 Å². The van der Waals surface area contributed by atoms with Crippen molar-refractivity contribution in [2.45, 2.75) is 50.1 Å². The van der Waals surface area contributed by atoms with Gasteiger partial charge in [0.1, 0.15) is 5.82 Å². The highest BCUT2D eigenvalue weighted by molar-refractivity contribution is 5.23. The topological polar surface area (TPSA) is 38.0 Å². The van der Waals surface area contributed by atoms with Crippen LogP contribution in [0, 0.1) is 11.7 Å². The quantitative estimate of drug-likeness (QED) is 0.860. The van der Waals surface area contributed by atoms with Gasteiger partial charge in [0.15, 0.2) is 0 Å². The number of hydrogen-bond donors (Lipinski definition) is 2. The van der Waals surface area contributed by atoms with E-state index >= 15 is 0 Å². The molecule has 2 nitrogen and oxygen atoms in total. The Morgan fingerprint density at radius 3 is 2.63 bits per heavy atom. The minimum Gasteiger partial charge on any atom is -0.324 e. The molecule has 1 saturated carbocycles. The smallest absolute Gasteiger partial charge is 0.123 e. The van der Waals surface area contributed by atoms with E-state index in [-0.39, 0.29) is 11.4 Å². The Kier molecular flexibility index (Phi) is 3.35. The Labute approximate surface area is 114 Å². The van der Waals surface area contributed by atoms with Gasteiger partial charge in [0.2, 0.25) is 0 Å². The van der Waals surface area contributed by atoms with Crippen molar-refractivity contribution >= 4 is 0 Å². The molecule has 2 fully saturated rings. The Balaban J connectivity index is 1.76. The molecule has 0 radical (unpaired) electrons. The third kappa shape index (κ3) is 2.67. The molecular weight excluding hydrogens is 239 g/mol. The van der Waals surface area contributed by atoms with Crippen molar-refractivity contribution in [2.75, 3.05) is 6.54 Å². The largest absolute Gasteiger partial charge is 0.324 e. The van der Waals surface area contributed by atoms with Gasteiger partial charge in [0, 0.05) is 18.1 Å². The molecule has 19 heavy (non-hydrogen) atoms. The van der Waals surface area contributed by atoms with E-state index in [1.807, 2.05) is 12.1 Å². The molecule has 2 unspecified atom stereocenters. The molecule has 3 rings (SSSR count). The maximum Gasteiger partial charge on any atom is 0.123 e. The predicted molar refractivity (Wildman–Crippen MR) is 75.5 cm³/mol. The third-order valence-electron chi connectivity index (χ3n) is 4.84. The second-order valence-corrected chi connectivity index (χ2v) is 6.60. The minimum absolute atomic E-state index is 0.0688. The summed E-state index contributed by atoms with van der Waals surface area (Å²) in [5.74, 6) is 1.06. The Bertz CT molecular complexity index is 441. The summed E-state index contributed by atoms with van der Waals surface area (Å²) in [4.78, 5) is 0. The van der Waals surface area contributed by atoms with Gasteiger partial charge >= 0.3 is 0 Å². The van der Waals surface area contributed by atoms with Crippen LogP contribution in [0.1, 0.15) is 44.1 Å². The molecule has 0 amide bonds. The van der Waals surface area contributed by atoms with Crippen molar-refractivity contribution in [1.82, 2.24) is 5.32 Å². The van der Waals surface area contributed by atoms with Crippen molar-refractivity contribution in [3.05, 3.63) is 35.6 Å². The lowest BCUT2D eigenvalue weighted by Crippen LogP contribution is -2.37. The molecule has 0 spiro atoms. The van der Waals surface area contributed by atoms with Gasteiger partial charge < -0.3 is 11.1 Å². The lowest BCUT2D eigenvalue weighted by Gasteiger charge is -2.27. The van der Waals surface area contributed by atoms with Gasteiger partial charge in [0.25, 0.3) is 0 Å². The van der Waals surface area contributed by atoms with Crippen LogP contribution in [-0.4, -0.2) is 18.1 Å². The van der Waals surface area contributed by atoms with E-state index in [0.29, 0.717) is 17.9 Å². The first-order chi connectivity index (χ1) is 9.05. The highest BCUT2D eigenvalue weighted by Crippen LogP contribution is 2.43. The summed E-state index contributed by atoms with van der Waals surface area (Å²) in [5.41, 5.74) is 7.45. The first-order valence-corrected chi connectivity index (χ1v) is 7.33. The first kappa shape index (κ1) is 13.1. The molecule has 1 saturated heterocycles. The molecule has 1 heterocycles. The van der Waals surface area contributed by atoms with Gasteiger partial charge in [-0.1, -0.05) is 18.6 Å². The van der Waals surface area contributed by atoms with Crippen molar-refractivity contribution in [1.29, 1.82) is 0 Å². The fraction of sp³-hybridized carbons (Fsp3) is 0.625. The number of rotatable bonds is 2. The van der Waals surface area contributed by atoms with Gasteiger partial charge in [-0.2, -0.15) is 0 Å². The highest BCUT2D eigenvalue weighted by atomic mass is 19.1. The van der Waals surface area contributed by atoms with E-state index in [2.05, 4.69) is 12.2 Å². The molecule has 3 heteroatoms. The molecule has 1 aliphatic carbocycles. The number of nitrogens with one attached hydrogen (secondary N) is 1. The van der Waals surface area contributed by atoms with Crippen LogP contribution in [0.2, 0.25) is 0 Å². The van der Waals surface area contributed by atoms with Crippen LogP contribution < -0.4 is 11.1 Å². The summed E-state index contributed by atoms with van der Waals surface area (Å²) in [6.45, 7) is 3.03. The molecule has 104 valence electrons. The van der Waals surface area contributed by atoms with Crippen molar-refractivity contribution in [3.63, 3.8) is 0 Å². The molecule has 2 aliphatic rings. The average molecular weight is 262 g/mol. The summed E-state index contributed by atoms with van der Waals surface area (Å²) < 4.78 is 13.0. The lowest BCUT2D eigenvalue weighted by molar-refractivity contribution is 0.352. The molecule has 0 aromatic heterocycles. The summed E-state index contributed by atoms with van der Waals surface area (Å²) in [5, 5.41) is 3.60. The Hall–Kier alpha value is -0.930. The second-order valence-electron chi connectivity index (χ2n) is 6.60. The van der Waals surface area contributed by atoms with Gasteiger partial charge in [-0.05, 0) is 55.7 Å². The van der Waals surface area contributed by atoms with E-state index in [0.717, 1.165) is 13.0 Å². The van der Waals surface area contributed by atoms with Crippen LogP contribution in [0.5, 0.6) is 0 Å². The van der Waals surface area contributed by atoms with Gasteiger partial charge in [-0.25, -0.2) is 4.39 Å². The molecule has 1 aromatic rings. The summed E-state index contributed by atoms with van der Waals surface area (Å²) >= 11 is 0. The Morgan fingerprint density at radius 1 is 1.26 bits per heavy atom. The van der Waals surface area contributed by atoms with Crippen molar-refractivity contribution < 1.29 is 4.39 Å². The highest BCUT2D eigenvalue weighted by Gasteiger charge is 2.41. The monoisotopic (exact) mass is 262 g/mol.